The van der Waals surface area contributed by atoms with Crippen LogP contribution in [0.2, 0.25) is 0 Å². The van der Waals surface area contributed by atoms with Crippen molar-refractivity contribution in [3.05, 3.63) is 34.9 Å². The first-order valence-corrected chi connectivity index (χ1v) is 7.12. The van der Waals surface area contributed by atoms with Gasteiger partial charge in [-0.3, -0.25) is 0 Å². The maximum absolute atomic E-state index is 2.45. The third-order valence-electron chi connectivity index (χ3n) is 4.61. The molecule has 0 heteroatoms. The Balaban J connectivity index is 2.11. The molecule has 1 fully saturated rings. The Labute approximate surface area is 106 Å². The van der Waals surface area contributed by atoms with E-state index in [-0.39, 0.29) is 0 Å². The van der Waals surface area contributed by atoms with Gasteiger partial charge in [-0.05, 0) is 55.6 Å². The molecule has 0 spiro atoms. The lowest BCUT2D eigenvalue weighted by atomic mass is 9.73. The Morgan fingerprint density at radius 2 is 1.88 bits per heavy atom. The summed E-state index contributed by atoms with van der Waals surface area (Å²) in [6.45, 7) is 9.32. The van der Waals surface area contributed by atoms with Crippen LogP contribution in [0.15, 0.2) is 18.2 Å². The monoisotopic (exact) mass is 230 g/mol. The highest BCUT2D eigenvalue weighted by Gasteiger charge is 2.25. The van der Waals surface area contributed by atoms with Gasteiger partial charge in [-0.25, -0.2) is 0 Å². The number of hydrogen-bond acceptors (Lipinski definition) is 0. The van der Waals surface area contributed by atoms with Gasteiger partial charge in [0, 0.05) is 0 Å². The van der Waals surface area contributed by atoms with E-state index >= 15 is 0 Å². The van der Waals surface area contributed by atoms with Gasteiger partial charge in [0.25, 0.3) is 0 Å². The lowest BCUT2D eigenvalue weighted by molar-refractivity contribution is 0.202. The Hall–Kier alpha value is -0.780. The number of aryl methyl sites for hydroxylation is 2. The summed E-state index contributed by atoms with van der Waals surface area (Å²) in [5.74, 6) is 2.74. The maximum atomic E-state index is 2.45. The molecule has 1 saturated carbocycles. The Morgan fingerprint density at radius 3 is 2.65 bits per heavy atom. The van der Waals surface area contributed by atoms with Crippen molar-refractivity contribution in [2.45, 2.75) is 53.4 Å². The fourth-order valence-corrected chi connectivity index (χ4v) is 3.24. The molecule has 0 aliphatic heterocycles. The third-order valence-corrected chi connectivity index (χ3v) is 4.61. The van der Waals surface area contributed by atoms with E-state index < -0.39 is 0 Å². The van der Waals surface area contributed by atoms with Crippen molar-refractivity contribution < 1.29 is 0 Å². The molecule has 2 rings (SSSR count). The molecule has 17 heavy (non-hydrogen) atoms. The first kappa shape index (κ1) is 12.7. The predicted octanol–water partition coefficient (Wildman–Crippen LogP) is 4.92. The van der Waals surface area contributed by atoms with E-state index in [2.05, 4.69) is 45.9 Å². The molecule has 1 aromatic rings. The Bertz CT molecular complexity index is 378. The van der Waals surface area contributed by atoms with Crippen molar-refractivity contribution >= 4 is 0 Å². The average molecular weight is 230 g/mol. The highest BCUT2D eigenvalue weighted by Crippen LogP contribution is 2.35. The van der Waals surface area contributed by atoms with Gasteiger partial charge in [0.1, 0.15) is 0 Å². The number of hydrogen-bond donors (Lipinski definition) is 0. The van der Waals surface area contributed by atoms with Gasteiger partial charge < -0.3 is 0 Å². The highest BCUT2D eigenvalue weighted by molar-refractivity contribution is 5.30. The van der Waals surface area contributed by atoms with Gasteiger partial charge in [-0.15, -0.1) is 0 Å². The first-order chi connectivity index (χ1) is 8.06. The highest BCUT2D eigenvalue weighted by atomic mass is 14.3. The molecule has 0 N–H and O–H groups in total. The second-order valence-electron chi connectivity index (χ2n) is 6.29. The Kier molecular flexibility index (Phi) is 3.91. The second kappa shape index (κ2) is 5.25. The van der Waals surface area contributed by atoms with Gasteiger partial charge in [-0.1, -0.05) is 50.5 Å². The van der Waals surface area contributed by atoms with E-state index in [1.807, 2.05) is 0 Å². The van der Waals surface area contributed by atoms with Crippen LogP contribution in [0.5, 0.6) is 0 Å². The summed E-state index contributed by atoms with van der Waals surface area (Å²) in [4.78, 5) is 0. The van der Waals surface area contributed by atoms with Crippen LogP contribution < -0.4 is 0 Å². The van der Waals surface area contributed by atoms with Crippen molar-refractivity contribution in [1.82, 2.24) is 0 Å². The molecule has 1 aromatic carbocycles. The topological polar surface area (TPSA) is 0 Å². The van der Waals surface area contributed by atoms with Crippen LogP contribution in [0.3, 0.4) is 0 Å². The summed E-state index contributed by atoms with van der Waals surface area (Å²) in [6, 6.07) is 6.90. The fourth-order valence-electron chi connectivity index (χ4n) is 3.24. The van der Waals surface area contributed by atoms with Crippen LogP contribution in [0.4, 0.5) is 0 Å². The molecular formula is C17H26. The molecular weight excluding hydrogens is 204 g/mol. The summed E-state index contributed by atoms with van der Waals surface area (Å²) in [6.07, 6.45) is 5.58. The average Bonchev–Trinajstić information content (AvgIpc) is 2.28. The zero-order valence-electron chi connectivity index (χ0n) is 11.8. The minimum Gasteiger partial charge on any atom is -0.0625 e. The van der Waals surface area contributed by atoms with Gasteiger partial charge in [0.05, 0.1) is 0 Å². The molecule has 3 unspecified atom stereocenters. The van der Waals surface area contributed by atoms with E-state index in [1.165, 1.54) is 36.8 Å². The molecule has 0 bridgehead atoms. The fraction of sp³-hybridized carbons (Fsp3) is 0.647. The van der Waals surface area contributed by atoms with E-state index in [0.717, 1.165) is 17.8 Å². The van der Waals surface area contributed by atoms with Crippen LogP contribution in [0, 0.1) is 31.6 Å². The normalized spacial score (nSPS) is 29.3. The molecule has 1 aliphatic carbocycles. The quantitative estimate of drug-likeness (QED) is 0.676. The zero-order chi connectivity index (χ0) is 12.4. The van der Waals surface area contributed by atoms with E-state index in [1.54, 1.807) is 5.56 Å². The number of rotatable bonds is 2. The first-order valence-electron chi connectivity index (χ1n) is 7.12. The summed E-state index contributed by atoms with van der Waals surface area (Å²) in [7, 11) is 0. The smallest absolute Gasteiger partial charge is 0.0245 e. The SMILES string of the molecule is Cc1ccc(C)c(CC2CC(C)CCC2C)c1. The van der Waals surface area contributed by atoms with E-state index in [0.29, 0.717) is 0 Å². The zero-order valence-corrected chi connectivity index (χ0v) is 11.8. The molecule has 0 radical (unpaired) electrons. The second-order valence-corrected chi connectivity index (χ2v) is 6.29. The van der Waals surface area contributed by atoms with Crippen molar-refractivity contribution in [3.8, 4) is 0 Å². The van der Waals surface area contributed by atoms with Gasteiger partial charge in [0.15, 0.2) is 0 Å². The van der Waals surface area contributed by atoms with Crippen molar-refractivity contribution in [3.63, 3.8) is 0 Å². The molecule has 0 aromatic heterocycles. The van der Waals surface area contributed by atoms with E-state index in [4.69, 9.17) is 0 Å². The summed E-state index contributed by atoms with van der Waals surface area (Å²) in [5.41, 5.74) is 4.46. The standard InChI is InChI=1S/C17H26/c1-12-5-7-14(3)16(9-12)11-17-10-13(2)6-8-15(17)4/h5,7,9,13,15,17H,6,8,10-11H2,1-4H3. The Morgan fingerprint density at radius 1 is 1.12 bits per heavy atom. The minimum atomic E-state index is 0.902. The number of benzene rings is 1. The largest absolute Gasteiger partial charge is 0.0625 e. The lowest BCUT2D eigenvalue weighted by Gasteiger charge is -2.33. The molecule has 3 atom stereocenters. The van der Waals surface area contributed by atoms with Gasteiger partial charge in [-0.2, -0.15) is 0 Å². The molecule has 0 saturated heterocycles. The molecule has 0 nitrogen and oxygen atoms in total. The third kappa shape index (κ3) is 3.12. The minimum absolute atomic E-state index is 0.902. The lowest BCUT2D eigenvalue weighted by Crippen LogP contribution is -2.23. The summed E-state index contributed by atoms with van der Waals surface area (Å²) < 4.78 is 0. The summed E-state index contributed by atoms with van der Waals surface area (Å²) in [5, 5.41) is 0. The van der Waals surface area contributed by atoms with Crippen LogP contribution in [0.1, 0.15) is 49.8 Å². The van der Waals surface area contributed by atoms with Crippen LogP contribution in [-0.4, -0.2) is 0 Å². The molecule has 0 heterocycles. The molecule has 0 amide bonds. The summed E-state index contributed by atoms with van der Waals surface area (Å²) >= 11 is 0. The van der Waals surface area contributed by atoms with Gasteiger partial charge >= 0.3 is 0 Å². The van der Waals surface area contributed by atoms with Crippen molar-refractivity contribution in [2.75, 3.05) is 0 Å². The van der Waals surface area contributed by atoms with Crippen LogP contribution in [0.25, 0.3) is 0 Å². The molecule has 94 valence electrons. The molecule has 1 aliphatic rings. The van der Waals surface area contributed by atoms with Crippen molar-refractivity contribution in [1.29, 1.82) is 0 Å². The van der Waals surface area contributed by atoms with E-state index in [9.17, 15) is 0 Å². The van der Waals surface area contributed by atoms with Crippen LogP contribution >= 0.6 is 0 Å². The maximum Gasteiger partial charge on any atom is -0.0245 e. The van der Waals surface area contributed by atoms with Crippen LogP contribution in [-0.2, 0) is 6.42 Å². The van der Waals surface area contributed by atoms with Crippen molar-refractivity contribution in [2.24, 2.45) is 17.8 Å². The van der Waals surface area contributed by atoms with Gasteiger partial charge in [0.2, 0.25) is 0 Å². The predicted molar refractivity (Wildman–Crippen MR) is 75.3 cm³/mol.